The minimum atomic E-state index is -0.345. The van der Waals surface area contributed by atoms with E-state index in [0.717, 1.165) is 36.3 Å². The van der Waals surface area contributed by atoms with E-state index in [4.69, 9.17) is 9.47 Å². The van der Waals surface area contributed by atoms with Crippen LogP contribution < -0.4 is 9.47 Å². The van der Waals surface area contributed by atoms with Crippen molar-refractivity contribution in [2.24, 2.45) is 17.3 Å². The van der Waals surface area contributed by atoms with E-state index in [2.05, 4.69) is 43.3 Å². The maximum absolute atomic E-state index is 11.3. The number of benzene rings is 2. The van der Waals surface area contributed by atoms with Gasteiger partial charge in [0.05, 0.1) is 20.3 Å². The van der Waals surface area contributed by atoms with E-state index < -0.39 is 0 Å². The summed E-state index contributed by atoms with van der Waals surface area (Å²) < 4.78 is 10.7. The van der Waals surface area contributed by atoms with E-state index in [0.29, 0.717) is 17.8 Å². The zero-order valence-corrected chi connectivity index (χ0v) is 18.2. The van der Waals surface area contributed by atoms with Crippen LogP contribution in [0, 0.1) is 17.3 Å². The SMILES string of the molecule is COc1ccc(C=C2CC3C4CCc5cc(OC)ccc5C4CCC3(C)C2O)cc1. The summed E-state index contributed by atoms with van der Waals surface area (Å²) in [6, 6.07) is 14.8. The molecule has 2 saturated carbocycles. The Morgan fingerprint density at radius 2 is 1.73 bits per heavy atom. The number of fused-ring (bicyclic) bond motifs is 5. The molecule has 0 saturated heterocycles. The maximum Gasteiger partial charge on any atom is 0.119 e. The molecule has 5 unspecified atom stereocenters. The molecule has 0 bridgehead atoms. The van der Waals surface area contributed by atoms with E-state index in [1.807, 2.05) is 12.1 Å². The molecule has 3 aliphatic rings. The van der Waals surface area contributed by atoms with Crippen LogP contribution in [-0.4, -0.2) is 25.4 Å². The molecule has 0 spiro atoms. The Labute approximate surface area is 179 Å². The number of rotatable bonds is 3. The molecule has 0 radical (unpaired) electrons. The number of hydrogen-bond acceptors (Lipinski definition) is 3. The second-order valence-corrected chi connectivity index (χ2v) is 9.62. The third-order valence-electron chi connectivity index (χ3n) is 8.27. The van der Waals surface area contributed by atoms with Gasteiger partial charge in [0.15, 0.2) is 0 Å². The van der Waals surface area contributed by atoms with Crippen molar-refractivity contribution in [1.29, 1.82) is 0 Å². The summed E-state index contributed by atoms with van der Waals surface area (Å²) >= 11 is 0. The van der Waals surface area contributed by atoms with Crippen LogP contribution in [-0.2, 0) is 6.42 Å². The summed E-state index contributed by atoms with van der Waals surface area (Å²) in [5, 5.41) is 11.3. The average Bonchev–Trinajstić information content (AvgIpc) is 3.04. The first-order chi connectivity index (χ1) is 14.5. The van der Waals surface area contributed by atoms with Gasteiger partial charge in [0.25, 0.3) is 0 Å². The highest BCUT2D eigenvalue weighted by atomic mass is 16.5. The van der Waals surface area contributed by atoms with Crippen molar-refractivity contribution in [2.75, 3.05) is 14.2 Å². The Hall–Kier alpha value is -2.26. The number of aryl methyl sites for hydroxylation is 1. The van der Waals surface area contributed by atoms with E-state index in [1.165, 1.54) is 29.5 Å². The molecule has 158 valence electrons. The lowest BCUT2D eigenvalue weighted by molar-refractivity contribution is -0.0158. The van der Waals surface area contributed by atoms with Crippen molar-refractivity contribution in [3.63, 3.8) is 0 Å². The minimum Gasteiger partial charge on any atom is -0.497 e. The number of ether oxygens (including phenoxy) is 2. The van der Waals surface area contributed by atoms with Crippen molar-refractivity contribution in [3.8, 4) is 11.5 Å². The van der Waals surface area contributed by atoms with Gasteiger partial charge < -0.3 is 14.6 Å². The second-order valence-electron chi connectivity index (χ2n) is 9.62. The maximum atomic E-state index is 11.3. The van der Waals surface area contributed by atoms with Crippen LogP contribution in [0.25, 0.3) is 6.08 Å². The fourth-order valence-electron chi connectivity index (χ4n) is 6.60. The minimum absolute atomic E-state index is 0.0105. The van der Waals surface area contributed by atoms with Crippen molar-refractivity contribution < 1.29 is 14.6 Å². The summed E-state index contributed by atoms with van der Waals surface area (Å²) in [6.07, 6.45) is 7.47. The Balaban J connectivity index is 1.44. The Morgan fingerprint density at radius 3 is 2.47 bits per heavy atom. The zero-order valence-electron chi connectivity index (χ0n) is 18.2. The van der Waals surface area contributed by atoms with E-state index in [-0.39, 0.29) is 11.5 Å². The van der Waals surface area contributed by atoms with Crippen molar-refractivity contribution >= 4 is 6.08 Å². The average molecular weight is 405 g/mol. The predicted molar refractivity (Wildman–Crippen MR) is 120 cm³/mol. The molecule has 0 aliphatic heterocycles. The third kappa shape index (κ3) is 3.06. The summed E-state index contributed by atoms with van der Waals surface area (Å²) in [5.74, 6) is 3.65. The smallest absolute Gasteiger partial charge is 0.119 e. The molecule has 3 heteroatoms. The number of methoxy groups -OCH3 is 2. The van der Waals surface area contributed by atoms with Crippen LogP contribution in [0.15, 0.2) is 48.0 Å². The van der Waals surface area contributed by atoms with Gasteiger partial charge in [-0.3, -0.25) is 0 Å². The molecular formula is C27H32O3. The first-order valence-corrected chi connectivity index (χ1v) is 11.2. The predicted octanol–water partition coefficient (Wildman–Crippen LogP) is 5.61. The first-order valence-electron chi connectivity index (χ1n) is 11.2. The van der Waals surface area contributed by atoms with Crippen LogP contribution in [0.5, 0.6) is 11.5 Å². The van der Waals surface area contributed by atoms with Crippen molar-refractivity contribution in [2.45, 2.75) is 51.0 Å². The highest BCUT2D eigenvalue weighted by Crippen LogP contribution is 2.62. The van der Waals surface area contributed by atoms with Crippen LogP contribution >= 0.6 is 0 Å². The number of aliphatic hydroxyl groups excluding tert-OH is 1. The highest BCUT2D eigenvalue weighted by Gasteiger charge is 2.56. The molecule has 2 fully saturated rings. The molecule has 0 aromatic heterocycles. The topological polar surface area (TPSA) is 38.7 Å². The molecule has 0 heterocycles. The molecule has 5 rings (SSSR count). The lowest BCUT2D eigenvalue weighted by Gasteiger charge is -2.49. The Bertz CT molecular complexity index is 961. The monoisotopic (exact) mass is 404 g/mol. The largest absolute Gasteiger partial charge is 0.497 e. The lowest BCUT2D eigenvalue weighted by Crippen LogP contribution is -2.44. The fourth-order valence-corrected chi connectivity index (χ4v) is 6.60. The zero-order chi connectivity index (χ0) is 20.9. The van der Waals surface area contributed by atoms with Gasteiger partial charge >= 0.3 is 0 Å². The number of hydrogen-bond donors (Lipinski definition) is 1. The van der Waals surface area contributed by atoms with Gasteiger partial charge in [-0.25, -0.2) is 0 Å². The fraction of sp³-hybridized carbons (Fsp3) is 0.481. The van der Waals surface area contributed by atoms with Crippen LogP contribution in [0.2, 0.25) is 0 Å². The number of aliphatic hydroxyl groups is 1. The third-order valence-corrected chi connectivity index (χ3v) is 8.27. The van der Waals surface area contributed by atoms with Crippen LogP contribution in [0.4, 0.5) is 0 Å². The van der Waals surface area contributed by atoms with Crippen LogP contribution in [0.3, 0.4) is 0 Å². The summed E-state index contributed by atoms with van der Waals surface area (Å²) in [4.78, 5) is 0. The summed E-state index contributed by atoms with van der Waals surface area (Å²) in [6.45, 7) is 2.33. The van der Waals surface area contributed by atoms with Crippen molar-refractivity contribution in [3.05, 3.63) is 64.7 Å². The van der Waals surface area contributed by atoms with E-state index in [9.17, 15) is 5.11 Å². The molecular weight excluding hydrogens is 372 g/mol. The molecule has 3 aliphatic carbocycles. The van der Waals surface area contributed by atoms with Crippen LogP contribution in [0.1, 0.15) is 55.2 Å². The van der Waals surface area contributed by atoms with E-state index in [1.54, 1.807) is 14.2 Å². The highest BCUT2D eigenvalue weighted by molar-refractivity contribution is 5.56. The molecule has 30 heavy (non-hydrogen) atoms. The second kappa shape index (κ2) is 7.46. The van der Waals surface area contributed by atoms with Gasteiger partial charge in [-0.05, 0) is 96.4 Å². The van der Waals surface area contributed by atoms with Gasteiger partial charge in [0, 0.05) is 5.41 Å². The first kappa shape index (κ1) is 19.7. The summed E-state index contributed by atoms with van der Waals surface area (Å²) in [5.41, 5.74) is 5.32. The lowest BCUT2D eigenvalue weighted by atomic mass is 9.55. The molecule has 1 N–H and O–H groups in total. The van der Waals surface area contributed by atoms with Crippen molar-refractivity contribution in [1.82, 2.24) is 0 Å². The van der Waals surface area contributed by atoms with Gasteiger partial charge in [-0.2, -0.15) is 0 Å². The molecule has 5 atom stereocenters. The van der Waals surface area contributed by atoms with Gasteiger partial charge in [0.2, 0.25) is 0 Å². The summed E-state index contributed by atoms with van der Waals surface area (Å²) in [7, 11) is 3.44. The molecule has 2 aromatic carbocycles. The van der Waals surface area contributed by atoms with Gasteiger partial charge in [-0.15, -0.1) is 0 Å². The molecule has 0 amide bonds. The van der Waals surface area contributed by atoms with Gasteiger partial charge in [0.1, 0.15) is 11.5 Å². The standard InChI is InChI=1S/C27H32O3/c1-27-13-12-23-22-11-9-21(30-3)15-18(22)6-10-24(23)25(27)16-19(26(27)28)14-17-4-7-20(29-2)8-5-17/h4-5,7-9,11,14-15,23-26,28H,6,10,12-13,16H2,1-3H3. The van der Waals surface area contributed by atoms with E-state index >= 15 is 0 Å². The normalized spacial score (nSPS) is 33.5. The van der Waals surface area contributed by atoms with Gasteiger partial charge in [-0.1, -0.05) is 31.2 Å². The Kier molecular flexibility index (Phi) is 4.89. The molecule has 3 nitrogen and oxygen atoms in total. The molecule has 2 aromatic rings. The Morgan fingerprint density at radius 1 is 1.00 bits per heavy atom. The quantitative estimate of drug-likeness (QED) is 0.722.